The number of alkyl halides is 3. The number of rotatable bonds is 3. The van der Waals surface area contributed by atoms with E-state index in [9.17, 15) is 8.78 Å². The van der Waals surface area contributed by atoms with E-state index in [0.717, 1.165) is 4.88 Å². The van der Waals surface area contributed by atoms with Gasteiger partial charge in [0, 0.05) is 34.1 Å². The minimum atomic E-state index is -3.10. The molecule has 0 radical (unpaired) electrons. The Kier molecular flexibility index (Phi) is 3.43. The van der Waals surface area contributed by atoms with Crippen LogP contribution >= 0.6 is 27.3 Å². The largest absolute Gasteiger partial charge is 0.385 e. The van der Waals surface area contributed by atoms with Crippen LogP contribution in [0.15, 0.2) is 53.9 Å². The van der Waals surface area contributed by atoms with Crippen molar-refractivity contribution in [3.8, 4) is 16.3 Å². The summed E-state index contributed by atoms with van der Waals surface area (Å²) in [4.78, 5) is -2.19. The molecule has 1 aromatic carbocycles. The van der Waals surface area contributed by atoms with Gasteiger partial charge >= 0.3 is 4.83 Å². The van der Waals surface area contributed by atoms with Crippen molar-refractivity contribution in [1.82, 2.24) is 5.10 Å². The number of nitrogens with one attached hydrogen (secondary N) is 1. The smallest absolute Gasteiger partial charge is 0.181 e. The summed E-state index contributed by atoms with van der Waals surface area (Å²) in [7, 11) is 0. The van der Waals surface area contributed by atoms with Gasteiger partial charge in [-0.1, -0.05) is 28.9 Å². The van der Waals surface area contributed by atoms with Crippen LogP contribution in [0.1, 0.15) is 5.69 Å². The Morgan fingerprint density at radius 1 is 1.10 bits per heavy atom. The highest BCUT2D eigenvalue weighted by molar-refractivity contribution is 9.09. The lowest BCUT2D eigenvalue weighted by atomic mass is 10.3. The molecule has 0 saturated carbocycles. The SMILES string of the molecule is FC(F)(Br)c1cc(-c2cccs2)[nH][n+]1-c1ccccc1. The molecular weight excluding hydrogens is 346 g/mol. The van der Waals surface area contributed by atoms with Gasteiger partial charge in [-0.2, -0.15) is 13.9 Å². The van der Waals surface area contributed by atoms with Crippen molar-refractivity contribution < 1.29 is 13.5 Å². The summed E-state index contributed by atoms with van der Waals surface area (Å²) in [5.41, 5.74) is 1.19. The maximum atomic E-state index is 13.7. The lowest BCUT2D eigenvalue weighted by Crippen LogP contribution is -2.39. The predicted octanol–water partition coefficient (Wildman–Crippen LogP) is 4.46. The molecule has 0 bridgehead atoms. The standard InChI is InChI=1S/C14H9BrF2N2S/c15-14(16,17)13-9-11(12-7-4-8-20-12)18-19(13)10-5-2-1-3-6-10/h1-9H/p+1. The number of halogens is 3. The Labute approximate surface area is 126 Å². The van der Waals surface area contributed by atoms with Crippen molar-refractivity contribution in [3.05, 3.63) is 59.6 Å². The number of aromatic nitrogens is 2. The Balaban J connectivity index is 2.18. The van der Waals surface area contributed by atoms with E-state index >= 15 is 0 Å². The predicted molar refractivity (Wildman–Crippen MR) is 78.5 cm³/mol. The van der Waals surface area contributed by atoms with Crippen LogP contribution < -0.4 is 4.68 Å². The number of nitrogens with zero attached hydrogens (tertiary/aromatic N) is 1. The second kappa shape index (κ2) is 5.10. The van der Waals surface area contributed by atoms with Gasteiger partial charge in [-0.3, -0.25) is 0 Å². The zero-order valence-electron chi connectivity index (χ0n) is 10.2. The quantitative estimate of drug-likeness (QED) is 0.528. The topological polar surface area (TPSA) is 19.7 Å². The fourth-order valence-electron chi connectivity index (χ4n) is 1.96. The number of hydrogen-bond donors (Lipinski definition) is 1. The van der Waals surface area contributed by atoms with Crippen molar-refractivity contribution in [2.75, 3.05) is 0 Å². The van der Waals surface area contributed by atoms with Gasteiger partial charge in [0.1, 0.15) is 5.69 Å². The fourth-order valence-corrected chi connectivity index (χ4v) is 2.95. The van der Waals surface area contributed by atoms with E-state index in [-0.39, 0.29) is 5.69 Å². The zero-order chi connectivity index (χ0) is 14.2. The second-order valence-corrected chi connectivity index (χ2v) is 6.14. The minimum absolute atomic E-state index is 0.132. The summed E-state index contributed by atoms with van der Waals surface area (Å²) in [6, 6.07) is 14.3. The molecule has 0 aliphatic heterocycles. The average Bonchev–Trinajstić information content (AvgIpc) is 3.08. The summed E-state index contributed by atoms with van der Waals surface area (Å²) in [6.07, 6.45) is 0. The van der Waals surface area contributed by atoms with Gasteiger partial charge < -0.3 is 0 Å². The molecule has 0 fully saturated rings. The number of H-pyrrole nitrogens is 1. The van der Waals surface area contributed by atoms with Gasteiger partial charge in [-0.15, -0.1) is 11.3 Å². The highest BCUT2D eigenvalue weighted by Crippen LogP contribution is 2.35. The molecular formula is C14H10BrF2N2S+. The minimum Gasteiger partial charge on any atom is -0.181 e. The highest BCUT2D eigenvalue weighted by atomic mass is 79.9. The molecule has 0 aliphatic carbocycles. The Morgan fingerprint density at radius 2 is 1.85 bits per heavy atom. The Morgan fingerprint density at radius 3 is 2.45 bits per heavy atom. The summed E-state index contributed by atoms with van der Waals surface area (Å²) >= 11 is 3.94. The molecule has 3 aromatic rings. The molecule has 0 aliphatic rings. The van der Waals surface area contributed by atoms with Crippen molar-refractivity contribution in [2.24, 2.45) is 0 Å². The number of benzene rings is 1. The van der Waals surface area contributed by atoms with Gasteiger partial charge in [-0.05, 0) is 11.4 Å². The highest BCUT2D eigenvalue weighted by Gasteiger charge is 2.40. The molecule has 20 heavy (non-hydrogen) atoms. The summed E-state index contributed by atoms with van der Waals surface area (Å²) in [6.45, 7) is 0. The lowest BCUT2D eigenvalue weighted by Gasteiger charge is -2.02. The van der Waals surface area contributed by atoms with Gasteiger partial charge in [0.05, 0.1) is 4.88 Å². The second-order valence-electron chi connectivity index (χ2n) is 4.20. The molecule has 0 saturated heterocycles. The monoisotopic (exact) mass is 355 g/mol. The van der Waals surface area contributed by atoms with Gasteiger partial charge in [0.2, 0.25) is 5.69 Å². The van der Waals surface area contributed by atoms with Crippen molar-refractivity contribution in [2.45, 2.75) is 4.83 Å². The first-order valence-electron chi connectivity index (χ1n) is 5.87. The van der Waals surface area contributed by atoms with Crippen LogP contribution in [0.25, 0.3) is 16.3 Å². The first kappa shape index (κ1) is 13.5. The molecule has 2 aromatic heterocycles. The summed E-state index contributed by atoms with van der Waals surface area (Å²) in [5.74, 6) is 0. The van der Waals surface area contributed by atoms with Crippen LogP contribution in [0.3, 0.4) is 0 Å². The summed E-state index contributed by atoms with van der Waals surface area (Å²) in [5, 5.41) is 4.94. The van der Waals surface area contributed by atoms with E-state index in [2.05, 4.69) is 21.0 Å². The van der Waals surface area contributed by atoms with E-state index in [1.165, 1.54) is 22.1 Å². The van der Waals surface area contributed by atoms with Crippen LogP contribution in [-0.4, -0.2) is 5.10 Å². The molecule has 0 atom stereocenters. The van der Waals surface area contributed by atoms with E-state index in [0.29, 0.717) is 11.4 Å². The van der Waals surface area contributed by atoms with Gasteiger partial charge in [0.15, 0.2) is 0 Å². The zero-order valence-corrected chi connectivity index (χ0v) is 12.6. The van der Waals surface area contributed by atoms with Crippen molar-refractivity contribution in [1.29, 1.82) is 0 Å². The molecule has 6 heteroatoms. The van der Waals surface area contributed by atoms with Crippen LogP contribution in [0.2, 0.25) is 0 Å². The fraction of sp³-hybridized carbons (Fsp3) is 0.0714. The molecule has 0 amide bonds. The maximum absolute atomic E-state index is 13.7. The van der Waals surface area contributed by atoms with E-state index in [1.807, 2.05) is 35.7 Å². The Bertz CT molecular complexity index is 703. The number of hydrogen-bond acceptors (Lipinski definition) is 1. The third-order valence-corrected chi connectivity index (χ3v) is 4.16. The van der Waals surface area contributed by atoms with E-state index < -0.39 is 4.83 Å². The average molecular weight is 356 g/mol. The van der Waals surface area contributed by atoms with Gasteiger partial charge in [-0.25, -0.2) is 0 Å². The first-order chi connectivity index (χ1) is 9.55. The number of thiophene rings is 1. The summed E-state index contributed by atoms with van der Waals surface area (Å²) < 4.78 is 28.9. The van der Waals surface area contributed by atoms with Crippen LogP contribution in [0.5, 0.6) is 0 Å². The Hall–Kier alpha value is -1.53. The normalized spacial score (nSPS) is 11.8. The molecule has 2 nitrogen and oxygen atoms in total. The van der Waals surface area contributed by atoms with E-state index in [4.69, 9.17) is 0 Å². The number of para-hydroxylation sites is 1. The molecule has 102 valence electrons. The molecule has 3 rings (SSSR count). The molecule has 0 unspecified atom stereocenters. The molecule has 2 heterocycles. The first-order valence-corrected chi connectivity index (χ1v) is 7.54. The van der Waals surface area contributed by atoms with Crippen LogP contribution in [0, 0.1) is 0 Å². The van der Waals surface area contributed by atoms with Crippen molar-refractivity contribution >= 4 is 27.3 Å². The third-order valence-electron chi connectivity index (χ3n) is 2.85. The van der Waals surface area contributed by atoms with E-state index in [1.54, 1.807) is 12.1 Å². The molecule has 1 N–H and O–H groups in total. The van der Waals surface area contributed by atoms with Crippen LogP contribution in [0.4, 0.5) is 8.78 Å². The lowest BCUT2D eigenvalue weighted by molar-refractivity contribution is -0.668. The molecule has 0 spiro atoms. The van der Waals surface area contributed by atoms with Gasteiger partial charge in [0.25, 0.3) is 5.69 Å². The third kappa shape index (κ3) is 2.53. The van der Waals surface area contributed by atoms with Crippen LogP contribution in [-0.2, 0) is 4.83 Å². The van der Waals surface area contributed by atoms with Crippen molar-refractivity contribution in [3.63, 3.8) is 0 Å². The number of aromatic amines is 1. The maximum Gasteiger partial charge on any atom is 0.385 e.